The largest absolute Gasteiger partial charge is 0.497 e. The molecule has 1 N–H and O–H groups in total. The first-order valence-electron chi connectivity index (χ1n) is 30.4. The summed E-state index contributed by atoms with van der Waals surface area (Å²) < 4.78 is 112. The van der Waals surface area contributed by atoms with E-state index < -0.39 is 49.8 Å². The standard InChI is InChI=1S/C31H23FN6O5S.C24H29BN2O7S.C14H7ClFN3/c1-33-30(40)28-19-13-18(24(36(2)44(3,41)42)15-26(19)43-31(28)37-12-5-4-9-27(37)39)21-10-11-22-29(35-21)25-14-17-20(32)7-6-8-23(17)38(25)16-34-22;1-8-18(28)21-15-13-16(25-33-23(2,3)24(4,5)34-25)17(26(6)35(7,30)31)14-19(15)32-22(21)27-12-10-9-11-20(27)29;15-13-5-4-10-14(18-13)12-6-8-9(16)2-1-3-11(8)19(12)7-17-10/h4-16H,1-3H3,(H,33,40);9-14H,8H2,1-7H3;1-7H. The molecule has 0 saturated carbocycles. The quantitative estimate of drug-likeness (QED) is 0.0716. The van der Waals surface area contributed by atoms with E-state index in [9.17, 15) is 44.8 Å². The van der Waals surface area contributed by atoms with E-state index in [0.717, 1.165) is 37.7 Å². The van der Waals surface area contributed by atoms with Gasteiger partial charge in [-0.3, -0.25) is 45.7 Å². The third-order valence-corrected chi connectivity index (χ3v) is 20.3. The first-order valence-corrected chi connectivity index (χ1v) is 34.5. The fourth-order valence-corrected chi connectivity index (χ4v) is 12.9. The van der Waals surface area contributed by atoms with Crippen LogP contribution in [0.2, 0.25) is 5.15 Å². The predicted molar refractivity (Wildman–Crippen MR) is 374 cm³/mol. The average Bonchev–Trinajstić information content (AvgIpc) is 1.55. The summed E-state index contributed by atoms with van der Waals surface area (Å²) in [7, 11) is -4.04. The van der Waals surface area contributed by atoms with Crippen LogP contribution < -0.4 is 30.5 Å². The van der Waals surface area contributed by atoms with Crippen molar-refractivity contribution in [1.29, 1.82) is 0 Å². The van der Waals surface area contributed by atoms with Crippen molar-refractivity contribution in [1.82, 2.24) is 43.2 Å². The van der Waals surface area contributed by atoms with Crippen LogP contribution in [0.1, 0.15) is 61.8 Å². The van der Waals surface area contributed by atoms with Crippen LogP contribution in [-0.2, 0) is 29.4 Å². The van der Waals surface area contributed by atoms with Gasteiger partial charge in [0.15, 0.2) is 5.78 Å². The second-order valence-electron chi connectivity index (χ2n) is 24.3. The summed E-state index contributed by atoms with van der Waals surface area (Å²) in [5.74, 6) is -1.31. The van der Waals surface area contributed by atoms with Gasteiger partial charge in [0, 0.05) is 96.8 Å². The molecule has 0 radical (unpaired) electrons. The Balaban J connectivity index is 0.000000142. The summed E-state index contributed by atoms with van der Waals surface area (Å²) in [6, 6.07) is 35.6. The maximum atomic E-state index is 14.7. The number of benzene rings is 4. The summed E-state index contributed by atoms with van der Waals surface area (Å²) in [4.78, 5) is 69.5. The number of carbonyl (C=O) groups is 2. The zero-order valence-corrected chi connectivity index (χ0v) is 56.5. The van der Waals surface area contributed by atoms with E-state index in [2.05, 4.69) is 20.3 Å². The topological polar surface area (TPSA) is 270 Å². The van der Waals surface area contributed by atoms with E-state index in [0.29, 0.717) is 71.0 Å². The maximum absolute atomic E-state index is 14.7. The van der Waals surface area contributed by atoms with Gasteiger partial charge < -0.3 is 23.5 Å². The minimum Gasteiger partial charge on any atom is -0.439 e. The van der Waals surface area contributed by atoms with E-state index in [-0.39, 0.29) is 74.8 Å². The van der Waals surface area contributed by atoms with Gasteiger partial charge >= 0.3 is 7.12 Å². The van der Waals surface area contributed by atoms with Gasteiger partial charge in [-0.25, -0.2) is 45.6 Å². The number of nitrogens with zero attached hydrogens (tertiary/aromatic N) is 10. The lowest BCUT2D eigenvalue weighted by molar-refractivity contribution is 0.00578. The Morgan fingerprint density at radius 1 is 0.602 bits per heavy atom. The molecule has 1 fully saturated rings. The smallest absolute Gasteiger partial charge is 0.439 e. The van der Waals surface area contributed by atoms with Crippen LogP contribution >= 0.6 is 11.6 Å². The molecule has 0 bridgehead atoms. The molecule has 98 heavy (non-hydrogen) atoms. The third kappa shape index (κ3) is 11.4. The molecule has 1 saturated heterocycles. The third-order valence-electron chi connectivity index (χ3n) is 17.7. The molecule has 0 unspecified atom stereocenters. The highest BCUT2D eigenvalue weighted by Crippen LogP contribution is 2.42. The number of carbonyl (C=O) groups excluding carboxylic acids is 2. The van der Waals surface area contributed by atoms with Crippen molar-refractivity contribution < 1.29 is 53.3 Å². The van der Waals surface area contributed by atoms with Gasteiger partial charge in [0.05, 0.1) is 79.4 Å². The number of ketones is 1. The molecule has 0 aliphatic carbocycles. The number of amides is 1. The molecule has 10 aromatic heterocycles. The van der Waals surface area contributed by atoms with E-state index >= 15 is 0 Å². The van der Waals surface area contributed by atoms with E-state index in [1.165, 1.54) is 73.0 Å². The fraction of sp³-hybridized carbons (Fsp3) is 0.188. The first-order chi connectivity index (χ1) is 46.5. The molecule has 11 heterocycles. The number of nitrogens with one attached hydrogen (secondary N) is 1. The number of rotatable bonds is 11. The molecule has 498 valence electrons. The van der Waals surface area contributed by atoms with Gasteiger partial charge in [0.2, 0.25) is 31.8 Å². The number of Topliss-reactive ketones (excluding diaryl/α,β-unsaturated/α-hetero) is 1. The van der Waals surface area contributed by atoms with Crippen LogP contribution in [0.5, 0.6) is 0 Å². The molecule has 14 aromatic rings. The van der Waals surface area contributed by atoms with Gasteiger partial charge in [-0.15, -0.1) is 0 Å². The van der Waals surface area contributed by atoms with Crippen LogP contribution in [-0.4, -0.2) is 118 Å². The minimum absolute atomic E-state index is 0.0191. The molecule has 29 heteroatoms. The lowest BCUT2D eigenvalue weighted by Gasteiger charge is -2.32. The van der Waals surface area contributed by atoms with Gasteiger partial charge in [-0.05, 0) is 113 Å². The van der Waals surface area contributed by atoms with Crippen molar-refractivity contribution in [3.05, 3.63) is 207 Å². The number of halogens is 3. The normalized spacial score (nSPS) is 13.8. The second-order valence-corrected chi connectivity index (χ2v) is 28.7. The highest BCUT2D eigenvalue weighted by molar-refractivity contribution is 7.92. The Bertz CT molecular complexity index is 6030. The lowest BCUT2D eigenvalue weighted by atomic mass is 9.77. The molecule has 15 rings (SSSR count). The number of hydrogen-bond acceptors (Lipinski definition) is 16. The Hall–Kier alpha value is -10.6. The van der Waals surface area contributed by atoms with Crippen molar-refractivity contribution in [3.63, 3.8) is 0 Å². The van der Waals surface area contributed by atoms with E-state index in [1.807, 2.05) is 38.2 Å². The number of aromatic nitrogens is 8. The summed E-state index contributed by atoms with van der Waals surface area (Å²) in [6.07, 6.45) is 8.61. The Kier molecular flexibility index (Phi) is 16.5. The van der Waals surface area contributed by atoms with Crippen molar-refractivity contribution in [3.8, 4) is 23.0 Å². The average molecular weight is 1380 g/mol. The number of sulfonamides is 2. The van der Waals surface area contributed by atoms with Gasteiger partial charge in [-0.2, -0.15) is 0 Å². The molecule has 1 aliphatic rings. The van der Waals surface area contributed by atoms with Gasteiger partial charge in [-0.1, -0.05) is 42.8 Å². The number of hydrogen-bond donors (Lipinski definition) is 1. The van der Waals surface area contributed by atoms with Crippen LogP contribution in [0.3, 0.4) is 0 Å². The zero-order chi connectivity index (χ0) is 69.8. The van der Waals surface area contributed by atoms with Crippen LogP contribution in [0.25, 0.3) is 99.9 Å². The Morgan fingerprint density at radius 2 is 1.09 bits per heavy atom. The van der Waals surface area contributed by atoms with Crippen LogP contribution in [0.4, 0.5) is 20.2 Å². The number of anilines is 2. The Labute approximate surface area is 562 Å². The molecular formula is C69H59BClF2N11O12S2. The highest BCUT2D eigenvalue weighted by atomic mass is 35.5. The summed E-state index contributed by atoms with van der Waals surface area (Å²) in [6.45, 7) is 9.31. The van der Waals surface area contributed by atoms with Crippen molar-refractivity contribution in [2.24, 2.45) is 0 Å². The number of furan rings is 2. The number of pyridine rings is 4. The molecule has 4 aromatic carbocycles. The van der Waals surface area contributed by atoms with Crippen molar-refractivity contribution in [2.75, 3.05) is 42.3 Å². The predicted octanol–water partition coefficient (Wildman–Crippen LogP) is 11.2. The lowest BCUT2D eigenvalue weighted by Crippen LogP contribution is -2.41. The van der Waals surface area contributed by atoms with Gasteiger partial charge in [0.25, 0.3) is 17.0 Å². The summed E-state index contributed by atoms with van der Waals surface area (Å²) in [5.41, 5.74) is 5.53. The fourth-order valence-electron chi connectivity index (χ4n) is 11.7. The monoisotopic (exact) mass is 1380 g/mol. The van der Waals surface area contributed by atoms with Crippen molar-refractivity contribution >= 4 is 144 Å². The van der Waals surface area contributed by atoms with Gasteiger partial charge in [0.1, 0.15) is 57.2 Å². The first kappa shape index (κ1) is 66.0. The van der Waals surface area contributed by atoms with Crippen molar-refractivity contribution in [2.45, 2.75) is 52.2 Å². The summed E-state index contributed by atoms with van der Waals surface area (Å²) in [5, 5.41) is 4.73. The van der Waals surface area contributed by atoms with Crippen LogP contribution in [0, 0.1) is 11.6 Å². The summed E-state index contributed by atoms with van der Waals surface area (Å²) >= 11 is 5.93. The molecule has 1 amide bonds. The molecular weight excluding hydrogens is 1320 g/mol. The minimum atomic E-state index is -3.77. The van der Waals surface area contributed by atoms with Crippen LogP contribution in [0.15, 0.2) is 177 Å². The molecule has 0 spiro atoms. The van der Waals surface area contributed by atoms with E-state index in [4.69, 9.17) is 34.7 Å². The second kappa shape index (κ2) is 24.5. The molecule has 1 aliphatic heterocycles. The molecule has 23 nitrogen and oxygen atoms in total. The number of fused-ring (bicyclic) bond motifs is 12. The maximum Gasteiger partial charge on any atom is 0.497 e. The Morgan fingerprint density at radius 3 is 1.60 bits per heavy atom. The zero-order valence-electron chi connectivity index (χ0n) is 54.1. The molecule has 0 atom stereocenters. The van der Waals surface area contributed by atoms with E-state index in [1.54, 1.807) is 121 Å². The highest BCUT2D eigenvalue weighted by Gasteiger charge is 2.53. The SMILES string of the molecule is CCC(=O)c1c(-n2ccccc2=O)oc2cc(N(C)S(C)(=O)=O)c(B3OC(C)(C)C(C)(C)O3)cc12.CNC(=O)c1c(-n2ccccc2=O)oc2cc(N(C)S(C)(=O)=O)c(-c3ccc4ncn5c6cccc(F)c6cc5c4n3)cc12.Fc1cccc2c1cc1c3nc(Cl)ccc3ncn21.